The van der Waals surface area contributed by atoms with Crippen LogP contribution in [0.5, 0.6) is 5.75 Å². The molecule has 1 aliphatic heterocycles. The van der Waals surface area contributed by atoms with Gasteiger partial charge in [0.15, 0.2) is 0 Å². The number of aliphatic imine (C=N–C) groups is 1. The Hall–Kier alpha value is -3.46. The van der Waals surface area contributed by atoms with Gasteiger partial charge in [0.25, 0.3) is 0 Å². The van der Waals surface area contributed by atoms with Gasteiger partial charge in [0, 0.05) is 47.9 Å². The zero-order valence-corrected chi connectivity index (χ0v) is 21.0. The van der Waals surface area contributed by atoms with Gasteiger partial charge in [-0.25, -0.2) is 13.6 Å². The van der Waals surface area contributed by atoms with E-state index < -0.39 is 17.5 Å². The van der Waals surface area contributed by atoms with Crippen molar-refractivity contribution in [2.24, 2.45) is 10.9 Å². The molecule has 0 atom stereocenters. The Morgan fingerprint density at radius 2 is 1.89 bits per heavy atom. The first-order chi connectivity index (χ1) is 17.1. The van der Waals surface area contributed by atoms with Gasteiger partial charge in [-0.2, -0.15) is 0 Å². The molecular formula is C27H34F2N4O3. The first kappa shape index (κ1) is 27.1. The van der Waals surface area contributed by atoms with Gasteiger partial charge in [0.05, 0.1) is 31.1 Å². The van der Waals surface area contributed by atoms with Crippen molar-refractivity contribution in [2.75, 3.05) is 37.0 Å². The van der Waals surface area contributed by atoms with Crippen LogP contribution in [-0.2, 0) is 4.74 Å². The normalized spacial score (nSPS) is 13.8. The Balaban J connectivity index is 1.59. The topological polar surface area (TPSA) is 84.0 Å². The average Bonchev–Trinajstić information content (AvgIpc) is 2.76. The van der Waals surface area contributed by atoms with E-state index in [1.165, 1.54) is 19.9 Å². The molecule has 2 amide bonds. The summed E-state index contributed by atoms with van der Waals surface area (Å²) in [5.74, 6) is 0.411. The summed E-state index contributed by atoms with van der Waals surface area (Å²) in [5.41, 5.74) is 0.843. The Morgan fingerprint density at radius 1 is 1.22 bits per heavy atom. The monoisotopic (exact) mass is 500 g/mol. The highest BCUT2D eigenvalue weighted by atomic mass is 19.1. The molecule has 0 aromatic heterocycles. The molecule has 0 unspecified atom stereocenters. The molecule has 2 aromatic carbocycles. The fourth-order valence-electron chi connectivity index (χ4n) is 3.51. The van der Waals surface area contributed by atoms with E-state index in [9.17, 15) is 9.18 Å². The molecule has 3 rings (SSSR count). The number of hydrogen-bond acceptors (Lipinski definition) is 5. The number of urea groups is 1. The van der Waals surface area contributed by atoms with E-state index in [0.29, 0.717) is 41.0 Å². The highest BCUT2D eigenvalue weighted by Crippen LogP contribution is 2.34. The van der Waals surface area contributed by atoms with Crippen LogP contribution in [0.1, 0.15) is 39.2 Å². The van der Waals surface area contributed by atoms with Gasteiger partial charge in [-0.1, -0.05) is 6.58 Å². The lowest BCUT2D eigenvalue weighted by molar-refractivity contribution is -0.0401. The smallest absolute Gasteiger partial charge is 0.319 e. The Kier molecular flexibility index (Phi) is 9.41. The van der Waals surface area contributed by atoms with Crippen LogP contribution in [0.4, 0.5) is 30.6 Å². The van der Waals surface area contributed by atoms with Crippen LogP contribution in [0.15, 0.2) is 48.0 Å². The summed E-state index contributed by atoms with van der Waals surface area (Å²) in [7, 11) is 0. The van der Waals surface area contributed by atoms with Gasteiger partial charge in [-0.15, -0.1) is 0 Å². The van der Waals surface area contributed by atoms with E-state index in [-0.39, 0.29) is 18.5 Å². The second-order valence-corrected chi connectivity index (χ2v) is 9.26. The molecular weight excluding hydrogens is 466 g/mol. The fourth-order valence-corrected chi connectivity index (χ4v) is 3.51. The number of carbonyl (C=O) groups excluding carboxylic acids is 1. The molecule has 194 valence electrons. The minimum Gasteiger partial charge on any atom is -0.493 e. The maximum Gasteiger partial charge on any atom is 0.319 e. The number of anilines is 2. The summed E-state index contributed by atoms with van der Waals surface area (Å²) in [4.78, 5) is 16.3. The van der Waals surface area contributed by atoms with Gasteiger partial charge in [-0.3, -0.25) is 4.99 Å². The SMILES string of the molecule is C=C(Nc1ccc(NC(=O)NCCC(C)(C)F)cc1)c1c(F)cc(OCCC2COC2)cc1N=CC. The largest absolute Gasteiger partial charge is 0.493 e. The van der Waals surface area contributed by atoms with E-state index in [1.54, 1.807) is 43.5 Å². The molecule has 1 saturated heterocycles. The molecule has 0 spiro atoms. The van der Waals surface area contributed by atoms with Gasteiger partial charge < -0.3 is 25.4 Å². The summed E-state index contributed by atoms with van der Waals surface area (Å²) >= 11 is 0. The predicted octanol–water partition coefficient (Wildman–Crippen LogP) is 6.31. The molecule has 0 radical (unpaired) electrons. The molecule has 0 aliphatic carbocycles. The second-order valence-electron chi connectivity index (χ2n) is 9.26. The van der Waals surface area contributed by atoms with Crippen molar-refractivity contribution >= 4 is 35.0 Å². The Morgan fingerprint density at radius 3 is 2.47 bits per heavy atom. The first-order valence-corrected chi connectivity index (χ1v) is 12.0. The Labute approximate surface area is 211 Å². The van der Waals surface area contributed by atoms with Crippen LogP contribution >= 0.6 is 0 Å². The molecule has 1 fully saturated rings. The van der Waals surface area contributed by atoms with Crippen LogP contribution < -0.4 is 20.7 Å². The second kappa shape index (κ2) is 12.5. The first-order valence-electron chi connectivity index (χ1n) is 12.0. The average molecular weight is 501 g/mol. The molecule has 3 N–H and O–H groups in total. The van der Waals surface area contributed by atoms with Crippen LogP contribution in [0.25, 0.3) is 5.70 Å². The van der Waals surface area contributed by atoms with Crippen molar-refractivity contribution in [3.8, 4) is 5.75 Å². The highest BCUT2D eigenvalue weighted by Gasteiger charge is 2.19. The third-order valence-electron chi connectivity index (χ3n) is 5.56. The number of benzene rings is 2. The molecule has 2 aromatic rings. The summed E-state index contributed by atoms with van der Waals surface area (Å²) in [6, 6.07) is 9.46. The number of amides is 2. The lowest BCUT2D eigenvalue weighted by Crippen LogP contribution is -2.32. The number of nitrogens with one attached hydrogen (secondary N) is 3. The van der Waals surface area contributed by atoms with E-state index >= 15 is 4.39 Å². The summed E-state index contributed by atoms with van der Waals surface area (Å²) in [6.45, 7) is 10.9. The van der Waals surface area contributed by atoms with E-state index in [4.69, 9.17) is 9.47 Å². The molecule has 0 bridgehead atoms. The number of rotatable bonds is 12. The number of halogens is 2. The number of hydrogen-bond donors (Lipinski definition) is 3. The Bertz CT molecular complexity index is 1080. The number of alkyl halides is 1. The quantitative estimate of drug-likeness (QED) is 0.299. The zero-order chi connectivity index (χ0) is 26.1. The lowest BCUT2D eigenvalue weighted by atomic mass is 10.1. The number of ether oxygens (including phenoxy) is 2. The van der Waals surface area contributed by atoms with E-state index in [1.807, 2.05) is 0 Å². The molecule has 1 heterocycles. The number of carbonyl (C=O) groups is 1. The van der Waals surface area contributed by atoms with Crippen molar-refractivity contribution in [1.82, 2.24) is 5.32 Å². The van der Waals surface area contributed by atoms with Gasteiger partial charge in [0.2, 0.25) is 0 Å². The van der Waals surface area contributed by atoms with Crippen LogP contribution in [0.3, 0.4) is 0 Å². The van der Waals surface area contributed by atoms with Crippen molar-refractivity contribution in [3.05, 3.63) is 54.4 Å². The van der Waals surface area contributed by atoms with Crippen LogP contribution in [-0.4, -0.2) is 44.3 Å². The third kappa shape index (κ3) is 8.34. The fraction of sp³-hybridized carbons (Fsp3) is 0.407. The van der Waals surface area contributed by atoms with Gasteiger partial charge >= 0.3 is 6.03 Å². The zero-order valence-electron chi connectivity index (χ0n) is 21.0. The molecule has 9 heteroatoms. The maximum absolute atomic E-state index is 15.1. The van der Waals surface area contributed by atoms with Crippen molar-refractivity contribution in [1.29, 1.82) is 0 Å². The molecule has 1 aliphatic rings. The minimum absolute atomic E-state index is 0.217. The van der Waals surface area contributed by atoms with Crippen molar-refractivity contribution in [3.63, 3.8) is 0 Å². The van der Waals surface area contributed by atoms with E-state index in [2.05, 4.69) is 27.5 Å². The standard InChI is InChI=1S/C27H34F2N4O3/c1-5-30-24-15-22(36-13-10-19-16-35-17-19)14-23(28)25(24)18(2)32-20-6-8-21(9-7-20)33-26(34)31-12-11-27(3,4)29/h5-9,14-15,19,32H,2,10-13,16-17H2,1,3-4H3,(H2,31,33,34). The number of nitrogens with zero attached hydrogens (tertiary/aromatic N) is 1. The summed E-state index contributed by atoms with van der Waals surface area (Å²) in [6.07, 6.45) is 2.66. The minimum atomic E-state index is -1.34. The molecule has 7 nitrogen and oxygen atoms in total. The highest BCUT2D eigenvalue weighted by molar-refractivity contribution is 5.90. The third-order valence-corrected chi connectivity index (χ3v) is 5.56. The lowest BCUT2D eigenvalue weighted by Gasteiger charge is -2.25. The maximum atomic E-state index is 15.1. The van der Waals surface area contributed by atoms with Gasteiger partial charge in [-0.05, 0) is 57.9 Å². The summed E-state index contributed by atoms with van der Waals surface area (Å²) < 4.78 is 39.5. The van der Waals surface area contributed by atoms with Crippen molar-refractivity contribution < 1.29 is 23.0 Å². The van der Waals surface area contributed by atoms with Crippen molar-refractivity contribution in [2.45, 2.75) is 39.3 Å². The molecule has 0 saturated carbocycles. The molecule has 36 heavy (non-hydrogen) atoms. The van der Waals surface area contributed by atoms with E-state index in [0.717, 1.165) is 19.6 Å². The van der Waals surface area contributed by atoms with Gasteiger partial charge in [0.1, 0.15) is 17.2 Å². The van der Waals surface area contributed by atoms with Crippen LogP contribution in [0, 0.1) is 11.7 Å². The summed E-state index contributed by atoms with van der Waals surface area (Å²) in [5, 5.41) is 8.40. The van der Waals surface area contributed by atoms with Crippen LogP contribution in [0.2, 0.25) is 0 Å². The predicted molar refractivity (Wildman–Crippen MR) is 141 cm³/mol.